The molecule has 0 aromatic carbocycles. The summed E-state index contributed by atoms with van der Waals surface area (Å²) in [7, 11) is 0. The molecule has 1 aromatic heterocycles. The Morgan fingerprint density at radius 3 is 2.65 bits per heavy atom. The number of H-pyrrole nitrogens is 1. The molecule has 4 atom stereocenters. The Balaban J connectivity index is 2.47. The van der Waals surface area contributed by atoms with Gasteiger partial charge in [0.15, 0.2) is 11.8 Å². The van der Waals surface area contributed by atoms with E-state index in [4.69, 9.17) is 9.84 Å². The Hall–Kier alpha value is -1.55. The fourth-order valence-corrected chi connectivity index (χ4v) is 2.13. The lowest BCUT2D eigenvalue weighted by molar-refractivity contribution is -0.138. The maximum absolute atomic E-state index is 13.0. The maximum atomic E-state index is 13.0. The van der Waals surface area contributed by atoms with E-state index in [1.807, 2.05) is 4.98 Å². The molecule has 8 nitrogen and oxygen atoms in total. The van der Waals surface area contributed by atoms with Crippen molar-refractivity contribution in [2.75, 3.05) is 13.3 Å². The van der Waals surface area contributed by atoms with E-state index in [0.717, 1.165) is 10.8 Å². The van der Waals surface area contributed by atoms with Crippen LogP contribution in [0.2, 0.25) is 0 Å². The molecular formula is C11H15FN2O6. The zero-order valence-corrected chi connectivity index (χ0v) is 10.6. The quantitative estimate of drug-likeness (QED) is 0.500. The van der Waals surface area contributed by atoms with E-state index in [0.29, 0.717) is 0 Å². The summed E-state index contributed by atoms with van der Waals surface area (Å²) in [5.74, 6) is 0. The van der Waals surface area contributed by atoms with Crippen LogP contribution in [0.1, 0.15) is 11.8 Å². The summed E-state index contributed by atoms with van der Waals surface area (Å²) in [5, 5.41) is 28.8. The second-order valence-corrected chi connectivity index (χ2v) is 4.78. The van der Waals surface area contributed by atoms with Gasteiger partial charge < -0.3 is 20.1 Å². The van der Waals surface area contributed by atoms with Gasteiger partial charge in [0.25, 0.3) is 5.56 Å². The Morgan fingerprint density at radius 1 is 1.50 bits per heavy atom. The number of aliphatic hydroxyl groups excluding tert-OH is 3. The minimum Gasteiger partial charge on any atom is -0.393 e. The van der Waals surface area contributed by atoms with E-state index in [1.54, 1.807) is 0 Å². The minimum absolute atomic E-state index is 0.177. The molecular weight excluding hydrogens is 275 g/mol. The van der Waals surface area contributed by atoms with Gasteiger partial charge in [0, 0.05) is 11.8 Å². The van der Waals surface area contributed by atoms with Crippen molar-refractivity contribution in [2.24, 2.45) is 0 Å². The first-order valence-electron chi connectivity index (χ1n) is 5.89. The molecule has 2 heterocycles. The number of aromatic nitrogens is 2. The number of ether oxygens (including phenoxy) is 1. The summed E-state index contributed by atoms with van der Waals surface area (Å²) in [5.41, 5.74) is -3.28. The van der Waals surface area contributed by atoms with E-state index >= 15 is 0 Å². The predicted octanol–water partition coefficient (Wildman–Crippen LogP) is -2.20. The number of aryl methyl sites for hydroxylation is 1. The van der Waals surface area contributed by atoms with Gasteiger partial charge in [-0.1, -0.05) is 0 Å². The lowest BCUT2D eigenvalue weighted by atomic mass is 9.98. The molecule has 2 rings (SSSR count). The van der Waals surface area contributed by atoms with E-state index < -0.39 is 48.6 Å². The molecule has 0 radical (unpaired) electrons. The van der Waals surface area contributed by atoms with Gasteiger partial charge in [-0.15, -0.1) is 0 Å². The molecule has 0 unspecified atom stereocenters. The van der Waals surface area contributed by atoms with Crippen molar-refractivity contribution in [1.82, 2.24) is 9.55 Å². The van der Waals surface area contributed by atoms with E-state index in [1.165, 1.54) is 6.92 Å². The van der Waals surface area contributed by atoms with Crippen LogP contribution in [0.15, 0.2) is 15.8 Å². The molecule has 1 aromatic rings. The van der Waals surface area contributed by atoms with E-state index in [-0.39, 0.29) is 5.56 Å². The Labute approximate surface area is 112 Å². The molecule has 9 heteroatoms. The zero-order valence-electron chi connectivity index (χ0n) is 10.6. The fraction of sp³-hybridized carbons (Fsp3) is 0.636. The predicted molar refractivity (Wildman–Crippen MR) is 64.0 cm³/mol. The van der Waals surface area contributed by atoms with Crippen molar-refractivity contribution in [2.45, 2.75) is 31.0 Å². The number of aromatic amines is 1. The van der Waals surface area contributed by atoms with Crippen LogP contribution in [0.5, 0.6) is 0 Å². The van der Waals surface area contributed by atoms with Gasteiger partial charge in [0.1, 0.15) is 18.9 Å². The molecule has 1 aliphatic heterocycles. The lowest BCUT2D eigenvalue weighted by Gasteiger charge is -2.26. The fourth-order valence-electron chi connectivity index (χ4n) is 2.13. The summed E-state index contributed by atoms with van der Waals surface area (Å²) in [4.78, 5) is 25.0. The van der Waals surface area contributed by atoms with Crippen LogP contribution in [0.25, 0.3) is 0 Å². The van der Waals surface area contributed by atoms with Crippen LogP contribution < -0.4 is 11.2 Å². The topological polar surface area (TPSA) is 125 Å². The molecule has 1 saturated heterocycles. The van der Waals surface area contributed by atoms with Crippen LogP contribution in [0, 0.1) is 6.92 Å². The van der Waals surface area contributed by atoms with Gasteiger partial charge in [0.2, 0.25) is 0 Å². The van der Waals surface area contributed by atoms with Gasteiger partial charge in [-0.25, -0.2) is 9.18 Å². The number of nitrogens with zero attached hydrogens (tertiary/aromatic N) is 1. The minimum atomic E-state index is -1.99. The van der Waals surface area contributed by atoms with Crippen molar-refractivity contribution < 1.29 is 24.4 Å². The molecule has 0 spiro atoms. The molecule has 1 aliphatic rings. The second-order valence-electron chi connectivity index (χ2n) is 4.78. The van der Waals surface area contributed by atoms with Crippen LogP contribution in [0.3, 0.4) is 0 Å². The largest absolute Gasteiger partial charge is 0.393 e. The third-order valence-corrected chi connectivity index (χ3v) is 3.42. The molecule has 20 heavy (non-hydrogen) atoms. The second kappa shape index (κ2) is 5.09. The van der Waals surface area contributed by atoms with Crippen LogP contribution in [0.4, 0.5) is 4.39 Å². The first kappa shape index (κ1) is 14.9. The van der Waals surface area contributed by atoms with Gasteiger partial charge >= 0.3 is 5.69 Å². The summed E-state index contributed by atoms with van der Waals surface area (Å²) in [6.45, 7) is -0.675. The summed E-state index contributed by atoms with van der Waals surface area (Å²) >= 11 is 0. The average Bonchev–Trinajstić information content (AvgIpc) is 2.68. The van der Waals surface area contributed by atoms with Gasteiger partial charge in [-0.05, 0) is 6.92 Å². The summed E-state index contributed by atoms with van der Waals surface area (Å²) in [6.07, 6.45) is -3.61. The van der Waals surface area contributed by atoms with Crippen molar-refractivity contribution in [1.29, 1.82) is 0 Å². The molecule has 112 valence electrons. The molecule has 0 amide bonds. The molecule has 0 saturated carbocycles. The first-order chi connectivity index (χ1) is 9.36. The average molecular weight is 290 g/mol. The molecule has 0 bridgehead atoms. The number of hydrogen-bond donors (Lipinski definition) is 4. The van der Waals surface area contributed by atoms with Gasteiger partial charge in [0.05, 0.1) is 6.61 Å². The number of hydrogen-bond acceptors (Lipinski definition) is 6. The number of rotatable bonds is 3. The van der Waals surface area contributed by atoms with Crippen molar-refractivity contribution in [3.63, 3.8) is 0 Å². The molecule has 4 N–H and O–H groups in total. The standard InChI is InChI=1S/C11H15FN2O6/c1-5-2-14(10(19)13-8(5)18)9-6(16)7(17)11(3-12,4-15)20-9/h2,6-7,9,15-17H,3-4H2,1H3,(H,13,18,19)/t6-,7-,9+,11+/m0/s1. The van der Waals surface area contributed by atoms with Crippen LogP contribution >= 0.6 is 0 Å². The monoisotopic (exact) mass is 290 g/mol. The highest BCUT2D eigenvalue weighted by Crippen LogP contribution is 2.36. The highest BCUT2D eigenvalue weighted by molar-refractivity contribution is 5.05. The Bertz CT molecular complexity index is 608. The number of nitrogens with one attached hydrogen (secondary N) is 1. The summed E-state index contributed by atoms with van der Waals surface area (Å²) in [6, 6.07) is 0. The van der Waals surface area contributed by atoms with Crippen molar-refractivity contribution >= 4 is 0 Å². The van der Waals surface area contributed by atoms with E-state index in [2.05, 4.69) is 0 Å². The Morgan fingerprint density at radius 2 is 2.15 bits per heavy atom. The smallest absolute Gasteiger partial charge is 0.330 e. The highest BCUT2D eigenvalue weighted by Gasteiger charge is 2.55. The zero-order chi connectivity index (χ0) is 15.1. The van der Waals surface area contributed by atoms with E-state index in [9.17, 15) is 24.2 Å². The lowest BCUT2D eigenvalue weighted by Crippen LogP contribution is -2.48. The maximum Gasteiger partial charge on any atom is 0.330 e. The SMILES string of the molecule is Cc1cn([C@@H]2O[C@@](CO)(CF)[C@@H](O)[C@@H]2O)c(=O)[nH]c1=O. The number of alkyl halides is 1. The van der Waals surface area contributed by atoms with Crippen LogP contribution in [-0.4, -0.2) is 56.0 Å². The highest BCUT2D eigenvalue weighted by atomic mass is 19.1. The molecule has 0 aliphatic carbocycles. The normalized spacial score (nSPS) is 33.5. The Kier molecular flexibility index (Phi) is 3.78. The van der Waals surface area contributed by atoms with Crippen LogP contribution in [-0.2, 0) is 4.74 Å². The van der Waals surface area contributed by atoms with Gasteiger partial charge in [-0.2, -0.15) is 0 Å². The number of halogens is 1. The van der Waals surface area contributed by atoms with Crippen molar-refractivity contribution in [3.8, 4) is 0 Å². The van der Waals surface area contributed by atoms with Crippen molar-refractivity contribution in [3.05, 3.63) is 32.6 Å². The number of aliphatic hydroxyl groups is 3. The first-order valence-corrected chi connectivity index (χ1v) is 5.89. The summed E-state index contributed by atoms with van der Waals surface area (Å²) < 4.78 is 19.0. The third kappa shape index (κ3) is 2.08. The third-order valence-electron chi connectivity index (χ3n) is 3.42. The molecule has 1 fully saturated rings. The van der Waals surface area contributed by atoms with Gasteiger partial charge in [-0.3, -0.25) is 14.3 Å².